The van der Waals surface area contributed by atoms with Crippen molar-refractivity contribution in [2.45, 2.75) is 39.0 Å². The van der Waals surface area contributed by atoms with Gasteiger partial charge in [0, 0.05) is 16.7 Å². The van der Waals surface area contributed by atoms with E-state index in [2.05, 4.69) is 32.6 Å². The minimum atomic E-state index is -0.136. The van der Waals surface area contributed by atoms with Gasteiger partial charge in [0.1, 0.15) is 0 Å². The first-order chi connectivity index (χ1) is 9.65. The Kier molecular flexibility index (Phi) is 5.65. The van der Waals surface area contributed by atoms with Crippen LogP contribution < -0.4 is 10.6 Å². The van der Waals surface area contributed by atoms with Gasteiger partial charge in [0.2, 0.25) is 0 Å². The van der Waals surface area contributed by atoms with Gasteiger partial charge < -0.3 is 10.6 Å². The number of hydrogen-bond donors (Lipinski definition) is 2. The fourth-order valence-electron chi connectivity index (χ4n) is 2.36. The van der Waals surface area contributed by atoms with Crippen LogP contribution in [0.2, 0.25) is 0 Å². The highest BCUT2D eigenvalue weighted by Crippen LogP contribution is 2.21. The maximum atomic E-state index is 11.9. The number of anilines is 1. The average molecular weight is 337 g/mol. The minimum Gasteiger partial charge on any atom is -0.338 e. The van der Waals surface area contributed by atoms with Crippen LogP contribution in [-0.2, 0) is 0 Å². The van der Waals surface area contributed by atoms with Crippen molar-refractivity contribution < 1.29 is 4.79 Å². The molecule has 20 heavy (non-hydrogen) atoms. The monoisotopic (exact) mass is 336 g/mol. The smallest absolute Gasteiger partial charge is 0.319 e. The van der Waals surface area contributed by atoms with Crippen LogP contribution in [-0.4, -0.2) is 12.6 Å². The summed E-state index contributed by atoms with van der Waals surface area (Å²) in [5.41, 5.74) is 3.38. The number of amides is 2. The lowest BCUT2D eigenvalue weighted by Crippen LogP contribution is -2.30. The van der Waals surface area contributed by atoms with Gasteiger partial charge in [-0.15, -0.1) is 0 Å². The molecule has 0 aromatic heterocycles. The maximum absolute atomic E-state index is 11.9. The maximum Gasteiger partial charge on any atom is 0.319 e. The predicted octanol–water partition coefficient (Wildman–Crippen LogP) is 4.77. The molecule has 1 aliphatic carbocycles. The molecule has 0 atom stereocenters. The van der Waals surface area contributed by atoms with E-state index in [9.17, 15) is 4.79 Å². The number of rotatable bonds is 4. The number of hydrogen-bond acceptors (Lipinski definition) is 1. The van der Waals surface area contributed by atoms with E-state index in [1.165, 1.54) is 31.3 Å². The normalized spacial score (nSPS) is 14.6. The Morgan fingerprint density at radius 1 is 1.35 bits per heavy atom. The van der Waals surface area contributed by atoms with Gasteiger partial charge >= 0.3 is 6.03 Å². The molecule has 1 aromatic rings. The van der Waals surface area contributed by atoms with Crippen molar-refractivity contribution in [3.05, 3.63) is 39.9 Å². The number of allylic oxidation sites excluding steroid dienone is 1. The number of urea groups is 1. The van der Waals surface area contributed by atoms with Gasteiger partial charge in [0.25, 0.3) is 0 Å². The lowest BCUT2D eigenvalue weighted by atomic mass is 9.97. The molecule has 3 nitrogen and oxygen atoms in total. The summed E-state index contributed by atoms with van der Waals surface area (Å²) in [7, 11) is 0. The molecule has 4 heteroatoms. The molecule has 2 N–H and O–H groups in total. The first-order valence-electron chi connectivity index (χ1n) is 7.14. The van der Waals surface area contributed by atoms with Crippen LogP contribution in [0.3, 0.4) is 0 Å². The van der Waals surface area contributed by atoms with E-state index in [4.69, 9.17) is 0 Å². The van der Waals surface area contributed by atoms with Gasteiger partial charge in [-0.1, -0.05) is 33.6 Å². The molecule has 0 unspecified atom stereocenters. The first kappa shape index (κ1) is 15.1. The van der Waals surface area contributed by atoms with E-state index in [1.54, 1.807) is 0 Å². The highest BCUT2D eigenvalue weighted by atomic mass is 79.9. The highest BCUT2D eigenvalue weighted by Gasteiger charge is 2.06. The van der Waals surface area contributed by atoms with Gasteiger partial charge in [-0.3, -0.25) is 0 Å². The highest BCUT2D eigenvalue weighted by molar-refractivity contribution is 9.10. The molecule has 2 amide bonds. The van der Waals surface area contributed by atoms with Gasteiger partial charge in [0.05, 0.1) is 0 Å². The van der Waals surface area contributed by atoms with Crippen LogP contribution in [0.15, 0.2) is 34.3 Å². The Balaban J connectivity index is 1.77. The largest absolute Gasteiger partial charge is 0.338 e. The Hall–Kier alpha value is -1.29. The molecule has 0 saturated heterocycles. The molecule has 0 fully saturated rings. The van der Waals surface area contributed by atoms with Crippen molar-refractivity contribution in [3.63, 3.8) is 0 Å². The zero-order valence-corrected chi connectivity index (χ0v) is 13.4. The summed E-state index contributed by atoms with van der Waals surface area (Å²) in [5.74, 6) is 0. The lowest BCUT2D eigenvalue weighted by molar-refractivity contribution is 0.252. The van der Waals surface area contributed by atoms with Crippen LogP contribution in [0.25, 0.3) is 0 Å². The topological polar surface area (TPSA) is 41.1 Å². The third-order valence-corrected chi connectivity index (χ3v) is 4.06. The number of aryl methyl sites for hydroxylation is 1. The fraction of sp³-hybridized carbons (Fsp3) is 0.438. The van der Waals surface area contributed by atoms with Crippen LogP contribution in [0.4, 0.5) is 10.5 Å². The van der Waals surface area contributed by atoms with E-state index in [0.717, 1.165) is 22.1 Å². The van der Waals surface area contributed by atoms with Gasteiger partial charge in [-0.2, -0.15) is 0 Å². The molecule has 1 aliphatic rings. The minimum absolute atomic E-state index is 0.136. The Bertz CT molecular complexity index is 511. The van der Waals surface area contributed by atoms with E-state index >= 15 is 0 Å². The van der Waals surface area contributed by atoms with Crippen molar-refractivity contribution in [3.8, 4) is 0 Å². The van der Waals surface area contributed by atoms with E-state index in [-0.39, 0.29) is 6.03 Å². The third kappa shape index (κ3) is 4.67. The second-order valence-electron chi connectivity index (χ2n) is 5.20. The molecule has 1 aromatic carbocycles. The number of benzene rings is 1. The average Bonchev–Trinajstić information content (AvgIpc) is 2.44. The first-order valence-corrected chi connectivity index (χ1v) is 7.93. The van der Waals surface area contributed by atoms with Gasteiger partial charge in [-0.05, 0) is 56.7 Å². The number of carbonyl (C=O) groups excluding carboxylic acids is 1. The summed E-state index contributed by atoms with van der Waals surface area (Å²) in [6, 6.07) is 5.72. The van der Waals surface area contributed by atoms with Crippen molar-refractivity contribution in [1.82, 2.24) is 5.32 Å². The van der Waals surface area contributed by atoms with Crippen LogP contribution in [0, 0.1) is 6.92 Å². The summed E-state index contributed by atoms with van der Waals surface area (Å²) < 4.78 is 0.964. The Morgan fingerprint density at radius 2 is 2.20 bits per heavy atom. The van der Waals surface area contributed by atoms with Crippen LogP contribution in [0.5, 0.6) is 0 Å². The molecular weight excluding hydrogens is 316 g/mol. The summed E-state index contributed by atoms with van der Waals surface area (Å²) >= 11 is 3.41. The van der Waals surface area contributed by atoms with Crippen molar-refractivity contribution in [2.24, 2.45) is 0 Å². The molecule has 0 bridgehead atoms. The number of nitrogens with one attached hydrogen (secondary N) is 2. The Morgan fingerprint density at radius 3 is 2.95 bits per heavy atom. The molecule has 0 saturated carbocycles. The molecule has 0 radical (unpaired) electrons. The predicted molar refractivity (Wildman–Crippen MR) is 87.1 cm³/mol. The molecule has 2 rings (SSSR count). The number of carbonyl (C=O) groups is 1. The molecule has 0 heterocycles. The summed E-state index contributed by atoms with van der Waals surface area (Å²) in [6.07, 6.45) is 8.26. The third-order valence-electron chi connectivity index (χ3n) is 3.56. The van der Waals surface area contributed by atoms with E-state index < -0.39 is 0 Å². The summed E-state index contributed by atoms with van der Waals surface area (Å²) in [4.78, 5) is 11.9. The molecule has 108 valence electrons. The standard InChI is InChI=1S/C16H21BrN2O/c1-12-7-8-14(17)11-15(12)19-16(20)18-10-9-13-5-3-2-4-6-13/h5,7-8,11H,2-4,6,9-10H2,1H3,(H2,18,19,20). The molecule has 0 spiro atoms. The van der Waals surface area contributed by atoms with E-state index in [1.807, 2.05) is 25.1 Å². The molecular formula is C16H21BrN2O. The summed E-state index contributed by atoms with van der Waals surface area (Å²) in [5, 5.41) is 5.81. The van der Waals surface area contributed by atoms with Crippen molar-refractivity contribution >= 4 is 27.6 Å². The second-order valence-corrected chi connectivity index (χ2v) is 6.11. The Labute approximate surface area is 129 Å². The van der Waals surface area contributed by atoms with Gasteiger partial charge in [-0.25, -0.2) is 4.79 Å². The second kappa shape index (κ2) is 7.48. The quantitative estimate of drug-likeness (QED) is 0.764. The van der Waals surface area contributed by atoms with Crippen molar-refractivity contribution in [2.75, 3.05) is 11.9 Å². The lowest BCUT2D eigenvalue weighted by Gasteiger charge is -2.14. The van der Waals surface area contributed by atoms with Crippen molar-refractivity contribution in [1.29, 1.82) is 0 Å². The molecule has 0 aliphatic heterocycles. The zero-order valence-electron chi connectivity index (χ0n) is 11.8. The SMILES string of the molecule is Cc1ccc(Br)cc1NC(=O)NCCC1=CCCCC1. The fourth-order valence-corrected chi connectivity index (χ4v) is 2.72. The van der Waals surface area contributed by atoms with Crippen LogP contribution in [0.1, 0.15) is 37.7 Å². The van der Waals surface area contributed by atoms with E-state index in [0.29, 0.717) is 6.54 Å². The van der Waals surface area contributed by atoms with Gasteiger partial charge in [0.15, 0.2) is 0 Å². The number of halogens is 1. The zero-order chi connectivity index (χ0) is 14.4. The van der Waals surface area contributed by atoms with Crippen LogP contribution >= 0.6 is 15.9 Å². The summed E-state index contributed by atoms with van der Waals surface area (Å²) in [6.45, 7) is 2.68.